The number of aromatic nitrogens is 4. The van der Waals surface area contributed by atoms with Crippen molar-refractivity contribution in [2.75, 3.05) is 0 Å². The summed E-state index contributed by atoms with van der Waals surface area (Å²) >= 11 is 11.9. The molecule has 0 spiro atoms. The van der Waals surface area contributed by atoms with E-state index < -0.39 is 20.0 Å². The topological polar surface area (TPSA) is 286 Å². The molecule has 0 saturated heterocycles. The van der Waals surface area contributed by atoms with Crippen LogP contribution in [0.4, 0.5) is 22.7 Å². The van der Waals surface area contributed by atoms with Crippen LogP contribution in [0.3, 0.4) is 0 Å². The van der Waals surface area contributed by atoms with Gasteiger partial charge < -0.3 is 20.4 Å². The van der Waals surface area contributed by atoms with E-state index in [2.05, 4.69) is 30.7 Å². The number of benzene rings is 4. The molecule has 2 heterocycles. The van der Waals surface area contributed by atoms with Crippen LogP contribution in [0.2, 0.25) is 10.0 Å². The Morgan fingerprint density at radius 1 is 0.582 bits per heavy atom. The summed E-state index contributed by atoms with van der Waals surface area (Å²) in [6, 6.07) is 20.1. The zero-order valence-corrected chi connectivity index (χ0v) is 32.6. The van der Waals surface area contributed by atoms with Crippen molar-refractivity contribution in [2.45, 2.75) is 23.6 Å². The largest absolute Gasteiger partial charge is 0.506 e. The molecule has 0 unspecified atom stereocenters. The summed E-state index contributed by atoms with van der Waals surface area (Å²) in [4.78, 5) is -0.463. The van der Waals surface area contributed by atoms with E-state index in [1.165, 1.54) is 9.36 Å². The monoisotopic (exact) mass is 866 g/mol. The molecule has 8 N–H and O–H groups in total. The average molecular weight is 868 g/mol. The third kappa shape index (κ3) is 10.0. The maximum Gasteiger partial charge on any atom is 0.243 e. The normalized spacial score (nSPS) is 11.7. The molecule has 286 valence electrons. The van der Waals surface area contributed by atoms with E-state index in [0.717, 1.165) is 36.4 Å². The van der Waals surface area contributed by atoms with Crippen molar-refractivity contribution < 1.29 is 54.6 Å². The summed E-state index contributed by atoms with van der Waals surface area (Å²) < 4.78 is 48.2. The summed E-state index contributed by atoms with van der Waals surface area (Å²) in [7, 11) is -7.94. The molecule has 18 nitrogen and oxygen atoms in total. The Morgan fingerprint density at radius 2 is 0.945 bits per heavy atom. The summed E-state index contributed by atoms with van der Waals surface area (Å²) in [6.45, 7) is 3.21. The quantitative estimate of drug-likeness (QED) is 0.0890. The first kappa shape index (κ1) is 42.4. The van der Waals surface area contributed by atoms with Crippen LogP contribution in [0.25, 0.3) is 11.4 Å². The van der Waals surface area contributed by atoms with Gasteiger partial charge in [-0.25, -0.2) is 27.1 Å². The van der Waals surface area contributed by atoms with Gasteiger partial charge >= 0.3 is 0 Å². The molecule has 0 radical (unpaired) electrons. The van der Waals surface area contributed by atoms with E-state index in [9.17, 15) is 37.3 Å². The molecule has 0 saturated carbocycles. The molecule has 0 bridgehead atoms. The van der Waals surface area contributed by atoms with Crippen molar-refractivity contribution in [3.63, 3.8) is 0 Å². The minimum Gasteiger partial charge on any atom is -0.506 e. The van der Waals surface area contributed by atoms with Gasteiger partial charge in [-0.3, -0.25) is 0 Å². The van der Waals surface area contributed by atoms with Gasteiger partial charge in [-0.05, 0) is 86.6 Å². The predicted octanol–water partition coefficient (Wildman–Crippen LogP) is 6.61. The van der Waals surface area contributed by atoms with E-state index in [4.69, 9.17) is 33.5 Å². The number of phenols is 2. The van der Waals surface area contributed by atoms with E-state index >= 15 is 0 Å². The zero-order valence-electron chi connectivity index (χ0n) is 28.2. The van der Waals surface area contributed by atoms with Crippen molar-refractivity contribution >= 4 is 66.0 Å². The van der Waals surface area contributed by atoms with Crippen LogP contribution in [-0.4, -0.2) is 56.8 Å². The fourth-order valence-electron chi connectivity index (χ4n) is 4.55. The van der Waals surface area contributed by atoms with Gasteiger partial charge in [0.1, 0.15) is 22.9 Å². The summed E-state index contributed by atoms with van der Waals surface area (Å²) in [6.07, 6.45) is 0. The fourth-order valence-corrected chi connectivity index (χ4v) is 5.99. The van der Waals surface area contributed by atoms with Gasteiger partial charge in [0.15, 0.2) is 11.4 Å². The Bertz CT molecular complexity index is 2510. The molecule has 6 rings (SSSR count). The van der Waals surface area contributed by atoms with Gasteiger partial charge in [0.05, 0.1) is 32.6 Å². The first-order chi connectivity index (χ1) is 25.3. The van der Waals surface area contributed by atoms with Gasteiger partial charge in [0.25, 0.3) is 0 Å². The minimum absolute atomic E-state index is 0. The molecule has 23 heteroatoms. The molecular weight excluding hydrogens is 839 g/mol. The zero-order chi connectivity index (χ0) is 39.5. The minimum atomic E-state index is -3.97. The molecule has 0 amide bonds. The number of azo groups is 2. The fraction of sp³-hybridized carbons (Fsp3) is 0.0625. The van der Waals surface area contributed by atoms with Gasteiger partial charge in [-0.2, -0.15) is 19.6 Å². The van der Waals surface area contributed by atoms with Crippen LogP contribution in [0, 0.1) is 13.8 Å². The first-order valence-corrected chi connectivity index (χ1v) is 18.8. The second kappa shape index (κ2) is 17.0. The van der Waals surface area contributed by atoms with Crippen LogP contribution >= 0.6 is 23.2 Å². The predicted molar refractivity (Wildman–Crippen MR) is 197 cm³/mol. The second-order valence-corrected chi connectivity index (χ2v) is 15.1. The van der Waals surface area contributed by atoms with Crippen LogP contribution < -0.4 is 10.3 Å². The van der Waals surface area contributed by atoms with Gasteiger partial charge in [-0.1, -0.05) is 35.3 Å². The molecular formula is C32H28Cl2CrN10O8S2. The number of sulfonamides is 2. The van der Waals surface area contributed by atoms with Crippen LogP contribution in [0.5, 0.6) is 23.3 Å². The number of aromatic hydroxyl groups is 4. The number of nitrogens with two attached hydrogens (primary N) is 2. The number of aryl methyl sites for hydroxylation is 2. The summed E-state index contributed by atoms with van der Waals surface area (Å²) in [5, 5.41) is 75.4. The van der Waals surface area contributed by atoms with Crippen molar-refractivity contribution in [1.82, 2.24) is 19.6 Å². The molecule has 0 aliphatic carbocycles. The Balaban J connectivity index is 0.000000240. The standard InChI is InChI=1S/2C16H14ClN5O4S.Cr/c2*1-9-15(16(24)22(21-9)11-4-2-3-10(17)7-11)20-19-13-8-12(27(18,25)26)5-6-14(13)23;/h2*2-8,23-24H,1H3,(H2,18,25,26);. The Labute approximate surface area is 333 Å². The molecule has 0 atom stereocenters. The second-order valence-electron chi connectivity index (χ2n) is 11.1. The summed E-state index contributed by atoms with van der Waals surface area (Å²) in [5.41, 5.74) is 1.60. The Morgan fingerprint density at radius 3 is 1.27 bits per heavy atom. The van der Waals surface area contributed by atoms with E-state index in [1.54, 1.807) is 62.4 Å². The van der Waals surface area contributed by atoms with Crippen LogP contribution in [0.15, 0.2) is 115 Å². The molecule has 0 aliphatic heterocycles. The Hall–Kier alpha value is -5.37. The number of phenolic OH excluding ortho intramolecular Hbond substituents is 2. The average Bonchev–Trinajstić information content (AvgIpc) is 3.55. The molecule has 0 fully saturated rings. The molecule has 2 aromatic heterocycles. The number of nitrogens with zero attached hydrogens (tertiary/aromatic N) is 8. The van der Waals surface area contributed by atoms with E-state index in [-0.39, 0.29) is 73.2 Å². The van der Waals surface area contributed by atoms with Crippen molar-refractivity contribution in [3.8, 4) is 34.6 Å². The number of hydrogen-bond donors (Lipinski definition) is 6. The maximum atomic E-state index is 11.4. The third-order valence-electron chi connectivity index (χ3n) is 7.18. The summed E-state index contributed by atoms with van der Waals surface area (Å²) in [5.74, 6) is -1.18. The number of rotatable bonds is 8. The third-order valence-corrected chi connectivity index (χ3v) is 9.47. The Kier molecular flexibility index (Phi) is 13.1. The van der Waals surface area contributed by atoms with Gasteiger partial charge in [0, 0.05) is 27.4 Å². The van der Waals surface area contributed by atoms with Crippen LogP contribution in [-0.2, 0) is 37.4 Å². The molecule has 4 aromatic carbocycles. The number of halogens is 2. The SMILES string of the molecule is Cc1nn(-c2cccc(Cl)c2)c(O)c1N=Nc1cc(S(N)(=O)=O)ccc1O.Cc1nn(-c2cccc(Cl)c2)c(O)c1N=Nc1cc(S(N)(=O)=O)ccc1O.[Cr]. The van der Waals surface area contributed by atoms with Crippen molar-refractivity contribution in [1.29, 1.82) is 0 Å². The van der Waals surface area contributed by atoms with Gasteiger partial charge in [-0.15, -0.1) is 20.5 Å². The van der Waals surface area contributed by atoms with E-state index in [0.29, 0.717) is 32.8 Å². The molecule has 55 heavy (non-hydrogen) atoms. The molecule has 0 aliphatic rings. The van der Waals surface area contributed by atoms with Crippen molar-refractivity contribution in [3.05, 3.63) is 106 Å². The van der Waals surface area contributed by atoms with Crippen LogP contribution in [0.1, 0.15) is 11.4 Å². The first-order valence-electron chi connectivity index (χ1n) is 15.0. The number of primary sulfonamides is 2. The van der Waals surface area contributed by atoms with Gasteiger partial charge in [0.2, 0.25) is 31.8 Å². The molecule has 6 aromatic rings. The van der Waals surface area contributed by atoms with E-state index in [1.807, 2.05) is 0 Å². The smallest absolute Gasteiger partial charge is 0.243 e. The van der Waals surface area contributed by atoms with Crippen molar-refractivity contribution in [2.24, 2.45) is 30.7 Å². The maximum absolute atomic E-state index is 11.4. The number of hydrogen-bond acceptors (Lipinski definition) is 14.